The maximum absolute atomic E-state index is 5.26. The van der Waals surface area contributed by atoms with E-state index >= 15 is 0 Å². The van der Waals surface area contributed by atoms with Crippen LogP contribution in [0.3, 0.4) is 0 Å². The summed E-state index contributed by atoms with van der Waals surface area (Å²) in [5.74, 6) is 1.33. The Kier molecular flexibility index (Phi) is 7.04. The van der Waals surface area contributed by atoms with Crippen molar-refractivity contribution in [2.75, 3.05) is 0 Å². The van der Waals surface area contributed by atoms with Gasteiger partial charge in [-0.2, -0.15) is 0 Å². The van der Waals surface area contributed by atoms with Gasteiger partial charge >= 0.3 is 0 Å². The quantitative estimate of drug-likeness (QED) is 0.183. The smallest absolute Gasteiger partial charge is 0.160 e. The summed E-state index contributed by atoms with van der Waals surface area (Å²) in [5.41, 5.74) is 14.8. The molecule has 4 heteroatoms. The minimum absolute atomic E-state index is 0.569. The SMILES string of the molecule is C1=Cc2ccc(-c3cc(-c4cnc(-c5ccccc5)nc4)nc(-c4ccccc4)n3)cc2C2(c3ccccc31)c1ccccc1-c1cc3ccccc3cc12. The molecule has 11 rings (SSSR count). The van der Waals surface area contributed by atoms with Crippen molar-refractivity contribution in [3.8, 4) is 56.4 Å². The van der Waals surface area contributed by atoms with E-state index in [4.69, 9.17) is 19.9 Å². The van der Waals surface area contributed by atoms with Gasteiger partial charge in [-0.15, -0.1) is 0 Å². The molecule has 0 bridgehead atoms. The van der Waals surface area contributed by atoms with E-state index in [-0.39, 0.29) is 0 Å². The third kappa shape index (κ3) is 4.92. The van der Waals surface area contributed by atoms with Gasteiger partial charge in [-0.3, -0.25) is 0 Å². The molecule has 2 aliphatic rings. The highest BCUT2D eigenvalue weighted by Gasteiger charge is 2.48. The minimum atomic E-state index is -0.569. The van der Waals surface area contributed by atoms with Gasteiger partial charge in [0.2, 0.25) is 0 Å². The minimum Gasteiger partial charge on any atom is -0.236 e. The lowest BCUT2D eigenvalue weighted by Crippen LogP contribution is -2.30. The lowest BCUT2D eigenvalue weighted by molar-refractivity contribution is 0.767. The molecular weight excluding hydrogens is 669 g/mol. The first kappa shape index (κ1) is 31.2. The topological polar surface area (TPSA) is 51.6 Å². The highest BCUT2D eigenvalue weighted by Crippen LogP contribution is 2.59. The van der Waals surface area contributed by atoms with E-state index in [1.54, 1.807) is 0 Å². The van der Waals surface area contributed by atoms with Crippen LogP contribution in [-0.2, 0) is 5.41 Å². The van der Waals surface area contributed by atoms with E-state index in [9.17, 15) is 0 Å². The Labute approximate surface area is 319 Å². The summed E-state index contributed by atoms with van der Waals surface area (Å²) in [7, 11) is 0. The van der Waals surface area contributed by atoms with Crippen LogP contribution >= 0.6 is 0 Å². The summed E-state index contributed by atoms with van der Waals surface area (Å²) in [6, 6.07) is 60.5. The van der Waals surface area contributed by atoms with Crippen LogP contribution in [0, 0.1) is 0 Å². The Balaban J connectivity index is 1.16. The average Bonchev–Trinajstić information content (AvgIpc) is 3.45. The van der Waals surface area contributed by atoms with E-state index in [2.05, 4.69) is 133 Å². The zero-order chi connectivity index (χ0) is 36.3. The summed E-state index contributed by atoms with van der Waals surface area (Å²) < 4.78 is 0. The van der Waals surface area contributed by atoms with Gasteiger partial charge in [-0.05, 0) is 79.5 Å². The van der Waals surface area contributed by atoms with Crippen molar-refractivity contribution >= 4 is 22.9 Å². The summed E-state index contributed by atoms with van der Waals surface area (Å²) in [6.45, 7) is 0. The second-order valence-electron chi connectivity index (χ2n) is 14.3. The molecule has 0 radical (unpaired) electrons. The fourth-order valence-electron chi connectivity index (χ4n) is 8.69. The largest absolute Gasteiger partial charge is 0.236 e. The molecule has 55 heavy (non-hydrogen) atoms. The van der Waals surface area contributed by atoms with Gasteiger partial charge in [0.05, 0.1) is 16.8 Å². The average molecular weight is 701 g/mol. The summed E-state index contributed by atoms with van der Waals surface area (Å²) >= 11 is 0. The first-order valence-corrected chi connectivity index (χ1v) is 18.6. The first-order chi connectivity index (χ1) is 27.2. The second kappa shape index (κ2) is 12.4. The summed E-state index contributed by atoms with van der Waals surface area (Å²) in [4.78, 5) is 19.9. The molecule has 4 nitrogen and oxygen atoms in total. The van der Waals surface area contributed by atoms with Crippen molar-refractivity contribution in [1.29, 1.82) is 0 Å². The number of benzene rings is 7. The molecule has 0 aliphatic heterocycles. The molecule has 0 saturated heterocycles. The number of aromatic nitrogens is 4. The predicted octanol–water partition coefficient (Wildman–Crippen LogP) is 11.9. The molecule has 7 aromatic carbocycles. The number of hydrogen-bond acceptors (Lipinski definition) is 4. The Bertz CT molecular complexity index is 2970. The Morgan fingerprint density at radius 2 is 0.927 bits per heavy atom. The number of rotatable bonds is 4. The number of fused-ring (bicyclic) bond motifs is 10. The van der Waals surface area contributed by atoms with Gasteiger partial charge < -0.3 is 0 Å². The maximum Gasteiger partial charge on any atom is 0.160 e. The van der Waals surface area contributed by atoms with Crippen molar-refractivity contribution in [3.63, 3.8) is 0 Å². The van der Waals surface area contributed by atoms with Gasteiger partial charge in [0.15, 0.2) is 11.6 Å². The van der Waals surface area contributed by atoms with E-state index in [0.717, 1.165) is 33.6 Å². The van der Waals surface area contributed by atoms with Crippen molar-refractivity contribution < 1.29 is 0 Å². The molecule has 0 saturated carbocycles. The van der Waals surface area contributed by atoms with Crippen molar-refractivity contribution in [2.45, 2.75) is 5.41 Å². The molecule has 256 valence electrons. The molecular formula is C51H32N4. The fraction of sp³-hybridized carbons (Fsp3) is 0.0196. The second-order valence-corrected chi connectivity index (χ2v) is 14.3. The predicted molar refractivity (Wildman–Crippen MR) is 223 cm³/mol. The number of nitrogens with zero attached hydrogens (tertiary/aromatic N) is 4. The van der Waals surface area contributed by atoms with E-state index in [1.807, 2.05) is 60.9 Å². The van der Waals surface area contributed by atoms with E-state index in [1.165, 1.54) is 55.3 Å². The fourth-order valence-corrected chi connectivity index (χ4v) is 8.69. The highest BCUT2D eigenvalue weighted by molar-refractivity contribution is 5.98. The van der Waals surface area contributed by atoms with Crippen LogP contribution < -0.4 is 0 Å². The van der Waals surface area contributed by atoms with E-state index < -0.39 is 5.41 Å². The van der Waals surface area contributed by atoms with Crippen molar-refractivity contribution in [1.82, 2.24) is 19.9 Å². The van der Waals surface area contributed by atoms with Gasteiger partial charge in [-0.1, -0.05) is 158 Å². The summed E-state index contributed by atoms with van der Waals surface area (Å²) in [5, 5.41) is 2.47. The zero-order valence-electron chi connectivity index (χ0n) is 29.8. The van der Waals surface area contributed by atoms with Crippen LogP contribution in [0.5, 0.6) is 0 Å². The van der Waals surface area contributed by atoms with Crippen LogP contribution in [0.25, 0.3) is 79.3 Å². The molecule has 2 aromatic heterocycles. The van der Waals surface area contributed by atoms with Crippen LogP contribution in [0.15, 0.2) is 182 Å². The molecule has 1 atom stereocenters. The zero-order valence-corrected chi connectivity index (χ0v) is 29.8. The standard InChI is InChI=1S/C51H32N4/c1-3-14-35(15-4-1)49-52-31-40(32-53-49)48-30-47(54-50(55-48)36-16-5-2-6-17-36)39-26-25-34-24-23-33-13-9-11-21-43(33)51(45(34)29-39)44-22-12-10-20-41(44)42-27-37-18-7-8-19-38(37)28-46(42)51/h1-32H. The lowest BCUT2D eigenvalue weighted by Gasteiger charge is -2.35. The molecule has 2 aliphatic carbocycles. The number of hydrogen-bond donors (Lipinski definition) is 0. The Morgan fingerprint density at radius 3 is 1.67 bits per heavy atom. The maximum atomic E-state index is 5.26. The van der Waals surface area contributed by atoms with Crippen molar-refractivity contribution in [3.05, 3.63) is 216 Å². The molecule has 9 aromatic rings. The third-order valence-electron chi connectivity index (χ3n) is 11.2. The Morgan fingerprint density at radius 1 is 0.345 bits per heavy atom. The highest BCUT2D eigenvalue weighted by atomic mass is 14.9. The van der Waals surface area contributed by atoms with Crippen LogP contribution in [-0.4, -0.2) is 19.9 Å². The summed E-state index contributed by atoms with van der Waals surface area (Å²) in [6.07, 6.45) is 8.28. The van der Waals surface area contributed by atoms with Gasteiger partial charge in [0.1, 0.15) is 0 Å². The molecule has 2 heterocycles. The van der Waals surface area contributed by atoms with Crippen LogP contribution in [0.2, 0.25) is 0 Å². The molecule has 1 spiro atoms. The lowest BCUT2D eigenvalue weighted by atomic mass is 9.65. The Hall–Kier alpha value is -7.30. The normalized spacial score (nSPS) is 14.9. The van der Waals surface area contributed by atoms with Gasteiger partial charge in [0, 0.05) is 34.6 Å². The van der Waals surface area contributed by atoms with Gasteiger partial charge in [0.25, 0.3) is 0 Å². The van der Waals surface area contributed by atoms with Crippen LogP contribution in [0.4, 0.5) is 0 Å². The van der Waals surface area contributed by atoms with Crippen molar-refractivity contribution in [2.24, 2.45) is 0 Å². The van der Waals surface area contributed by atoms with Crippen LogP contribution in [0.1, 0.15) is 33.4 Å². The van der Waals surface area contributed by atoms with E-state index in [0.29, 0.717) is 11.6 Å². The third-order valence-corrected chi connectivity index (χ3v) is 11.2. The first-order valence-electron chi connectivity index (χ1n) is 18.6. The molecule has 0 amide bonds. The monoisotopic (exact) mass is 700 g/mol. The van der Waals surface area contributed by atoms with Gasteiger partial charge in [-0.25, -0.2) is 19.9 Å². The molecule has 1 unspecified atom stereocenters. The molecule has 0 N–H and O–H groups in total. The molecule has 0 fully saturated rings.